The van der Waals surface area contributed by atoms with Crippen molar-refractivity contribution in [1.82, 2.24) is 4.98 Å². The Balaban J connectivity index is 2.14. The van der Waals surface area contributed by atoms with Gasteiger partial charge in [-0.25, -0.2) is 9.78 Å². The number of methoxy groups -OCH3 is 1. The third kappa shape index (κ3) is 2.72. The van der Waals surface area contributed by atoms with Gasteiger partial charge in [-0.15, -0.1) is 0 Å². The van der Waals surface area contributed by atoms with Crippen LogP contribution in [0, 0.1) is 0 Å². The van der Waals surface area contributed by atoms with E-state index in [2.05, 4.69) is 4.98 Å². The van der Waals surface area contributed by atoms with E-state index in [1.807, 2.05) is 6.07 Å². The Kier molecular flexibility index (Phi) is 3.33. The van der Waals surface area contributed by atoms with Crippen molar-refractivity contribution >= 4 is 22.7 Å². The maximum absolute atomic E-state index is 11.7. The maximum atomic E-state index is 11.7. The van der Waals surface area contributed by atoms with E-state index in [1.165, 1.54) is 14.0 Å². The first-order valence-corrected chi connectivity index (χ1v) is 6.80. The van der Waals surface area contributed by atoms with Gasteiger partial charge in [0.1, 0.15) is 0 Å². The maximum Gasteiger partial charge on any atom is 0.337 e. The molecule has 21 heavy (non-hydrogen) atoms. The van der Waals surface area contributed by atoms with Crippen LogP contribution in [0.15, 0.2) is 24.3 Å². The summed E-state index contributed by atoms with van der Waals surface area (Å²) in [6.07, 6.45) is 2.13. The summed E-state index contributed by atoms with van der Waals surface area (Å²) in [5.74, 6) is -0.0869. The largest absolute Gasteiger partial charge is 0.465 e. The molecule has 0 amide bonds. The molecule has 3 rings (SSSR count). The van der Waals surface area contributed by atoms with Gasteiger partial charge in [-0.1, -0.05) is 6.07 Å². The molecule has 0 unspecified atom stereocenters. The van der Waals surface area contributed by atoms with E-state index in [-0.39, 0.29) is 5.97 Å². The second-order valence-electron chi connectivity index (χ2n) is 5.14. The number of carbonyl (C=O) groups excluding carboxylic acids is 2. The highest BCUT2D eigenvalue weighted by Gasteiger charge is 2.28. The second kappa shape index (κ2) is 5.16. The predicted molar refractivity (Wildman–Crippen MR) is 76.4 cm³/mol. The van der Waals surface area contributed by atoms with Crippen molar-refractivity contribution in [2.45, 2.75) is 25.7 Å². The van der Waals surface area contributed by atoms with Crippen LogP contribution in [0.1, 0.15) is 41.7 Å². The molecule has 2 aromatic rings. The molecule has 1 heterocycles. The molecule has 1 saturated carbocycles. The van der Waals surface area contributed by atoms with Gasteiger partial charge in [-0.05, 0) is 30.4 Å². The van der Waals surface area contributed by atoms with Gasteiger partial charge >= 0.3 is 11.9 Å². The summed E-state index contributed by atoms with van der Waals surface area (Å²) in [5.41, 5.74) is 1.38. The van der Waals surface area contributed by atoms with E-state index in [9.17, 15) is 9.59 Å². The Bertz CT molecular complexity index is 734. The van der Waals surface area contributed by atoms with Gasteiger partial charge < -0.3 is 9.47 Å². The zero-order valence-electron chi connectivity index (χ0n) is 11.9. The van der Waals surface area contributed by atoms with Crippen LogP contribution in [0.25, 0.3) is 10.8 Å². The van der Waals surface area contributed by atoms with E-state index in [1.54, 1.807) is 18.2 Å². The Morgan fingerprint density at radius 1 is 1.24 bits per heavy atom. The third-order valence-corrected chi connectivity index (χ3v) is 3.47. The fourth-order valence-electron chi connectivity index (χ4n) is 2.36. The van der Waals surface area contributed by atoms with Crippen molar-refractivity contribution in [1.29, 1.82) is 0 Å². The zero-order valence-corrected chi connectivity index (χ0v) is 11.9. The van der Waals surface area contributed by atoms with Gasteiger partial charge in [-0.3, -0.25) is 4.79 Å². The monoisotopic (exact) mass is 285 g/mol. The number of carbonyl (C=O) groups is 2. The summed E-state index contributed by atoms with van der Waals surface area (Å²) in [4.78, 5) is 27.2. The lowest BCUT2D eigenvalue weighted by Crippen LogP contribution is -2.05. The van der Waals surface area contributed by atoms with Crippen LogP contribution < -0.4 is 4.74 Å². The Morgan fingerprint density at radius 3 is 2.62 bits per heavy atom. The molecule has 1 fully saturated rings. The molecule has 0 radical (unpaired) electrons. The number of ether oxygens (including phenoxy) is 2. The van der Waals surface area contributed by atoms with E-state index in [0.717, 1.165) is 29.3 Å². The molecule has 5 nitrogen and oxygen atoms in total. The van der Waals surface area contributed by atoms with Crippen LogP contribution in [0.5, 0.6) is 5.88 Å². The van der Waals surface area contributed by atoms with Crippen molar-refractivity contribution in [2.75, 3.05) is 7.11 Å². The molecule has 0 N–H and O–H groups in total. The average Bonchev–Trinajstić information content (AvgIpc) is 3.29. The molecular formula is C16H15NO4. The Labute approximate surface area is 121 Å². The lowest BCUT2D eigenvalue weighted by molar-refractivity contribution is -0.132. The topological polar surface area (TPSA) is 65.5 Å². The van der Waals surface area contributed by atoms with Gasteiger partial charge in [0.2, 0.25) is 5.88 Å². The number of benzene rings is 1. The number of fused-ring (bicyclic) bond motifs is 1. The van der Waals surface area contributed by atoms with Crippen molar-refractivity contribution in [3.05, 3.63) is 35.5 Å². The van der Waals surface area contributed by atoms with Gasteiger partial charge in [-0.2, -0.15) is 0 Å². The quantitative estimate of drug-likeness (QED) is 0.811. The molecule has 0 aliphatic heterocycles. The SMILES string of the molecule is COC(=O)c1ccc2cc(OC(C)=O)nc(C3CC3)c2c1. The van der Waals surface area contributed by atoms with E-state index >= 15 is 0 Å². The lowest BCUT2D eigenvalue weighted by atomic mass is 10.0. The lowest BCUT2D eigenvalue weighted by Gasteiger charge is -2.09. The molecule has 1 aliphatic carbocycles. The van der Waals surface area contributed by atoms with Crippen molar-refractivity contribution in [3.63, 3.8) is 0 Å². The summed E-state index contributed by atoms with van der Waals surface area (Å²) in [6.45, 7) is 1.35. The summed E-state index contributed by atoms with van der Waals surface area (Å²) in [5, 5.41) is 1.81. The Morgan fingerprint density at radius 2 is 2.00 bits per heavy atom. The van der Waals surface area contributed by atoms with Gasteiger partial charge in [0.15, 0.2) is 0 Å². The summed E-state index contributed by atoms with van der Waals surface area (Å²) in [7, 11) is 1.36. The molecule has 0 bridgehead atoms. The molecule has 0 saturated heterocycles. The molecule has 0 spiro atoms. The highest BCUT2D eigenvalue weighted by Crippen LogP contribution is 2.43. The zero-order chi connectivity index (χ0) is 15.0. The Hall–Kier alpha value is -2.43. The standard InChI is InChI=1S/C16H15NO4/c1-9(18)21-14-8-11-5-6-12(16(19)20-2)7-13(11)15(17-14)10-3-4-10/h5-8,10H,3-4H2,1-2H3. The van der Waals surface area contributed by atoms with E-state index in [4.69, 9.17) is 9.47 Å². The molecule has 1 aliphatic rings. The second-order valence-corrected chi connectivity index (χ2v) is 5.14. The van der Waals surface area contributed by atoms with Crippen molar-refractivity contribution < 1.29 is 19.1 Å². The number of hydrogen-bond donors (Lipinski definition) is 0. The van der Waals surface area contributed by atoms with Gasteiger partial charge in [0, 0.05) is 24.3 Å². The fraction of sp³-hybridized carbons (Fsp3) is 0.312. The first-order chi connectivity index (χ1) is 10.1. The number of rotatable bonds is 3. The predicted octanol–water partition coefficient (Wildman–Crippen LogP) is 2.82. The summed E-state index contributed by atoms with van der Waals surface area (Å²) in [6, 6.07) is 7.02. The van der Waals surface area contributed by atoms with E-state index in [0.29, 0.717) is 17.4 Å². The van der Waals surface area contributed by atoms with Crippen LogP contribution in [0.2, 0.25) is 0 Å². The molecule has 108 valence electrons. The molecule has 1 aromatic heterocycles. The first-order valence-electron chi connectivity index (χ1n) is 6.80. The van der Waals surface area contributed by atoms with Crippen LogP contribution in [-0.2, 0) is 9.53 Å². The molecular weight excluding hydrogens is 270 g/mol. The minimum atomic E-state index is -0.394. The van der Waals surface area contributed by atoms with Crippen LogP contribution >= 0.6 is 0 Å². The van der Waals surface area contributed by atoms with Gasteiger partial charge in [0.05, 0.1) is 18.4 Å². The number of pyridine rings is 1. The highest BCUT2D eigenvalue weighted by atomic mass is 16.5. The van der Waals surface area contributed by atoms with Crippen LogP contribution in [0.4, 0.5) is 0 Å². The summed E-state index contributed by atoms with van der Waals surface area (Å²) < 4.78 is 9.85. The summed E-state index contributed by atoms with van der Waals surface area (Å²) >= 11 is 0. The normalized spacial score (nSPS) is 14.0. The van der Waals surface area contributed by atoms with Crippen molar-refractivity contribution in [2.24, 2.45) is 0 Å². The van der Waals surface area contributed by atoms with E-state index < -0.39 is 5.97 Å². The van der Waals surface area contributed by atoms with Crippen molar-refractivity contribution in [3.8, 4) is 5.88 Å². The average molecular weight is 285 g/mol. The fourth-order valence-corrected chi connectivity index (χ4v) is 2.36. The molecule has 1 aromatic carbocycles. The smallest absolute Gasteiger partial charge is 0.337 e. The van der Waals surface area contributed by atoms with Gasteiger partial charge in [0.25, 0.3) is 0 Å². The molecule has 0 atom stereocenters. The first kappa shape index (κ1) is 13.5. The number of hydrogen-bond acceptors (Lipinski definition) is 5. The minimum absolute atomic E-state index is 0.308. The number of esters is 2. The number of aromatic nitrogens is 1. The van der Waals surface area contributed by atoms with Crippen LogP contribution in [-0.4, -0.2) is 24.0 Å². The minimum Gasteiger partial charge on any atom is -0.465 e. The highest BCUT2D eigenvalue weighted by molar-refractivity contribution is 5.96. The third-order valence-electron chi connectivity index (χ3n) is 3.47. The molecule has 5 heteroatoms. The number of nitrogens with zero attached hydrogens (tertiary/aromatic N) is 1. The van der Waals surface area contributed by atoms with Crippen LogP contribution in [0.3, 0.4) is 0 Å².